The quantitative estimate of drug-likeness (QED) is 0.634. The molecule has 4 heteroatoms. The number of rotatable bonds is 3. The van der Waals surface area contributed by atoms with Crippen LogP contribution in [0.2, 0.25) is 0 Å². The van der Waals surface area contributed by atoms with E-state index in [1.807, 2.05) is 17.5 Å². The number of methoxy groups -OCH3 is 1. The molecule has 1 nitrogen and oxygen atoms in total. The molecule has 1 aromatic carbocycles. The predicted octanol–water partition coefficient (Wildman–Crippen LogP) is 2.05. The number of thiol groups is 2. The minimum Gasteiger partial charge on any atom is -0.497 e. The van der Waals surface area contributed by atoms with Crippen LogP contribution in [0, 0.1) is 0 Å². The third-order valence-electron chi connectivity index (χ3n) is 2.48. The summed E-state index contributed by atoms with van der Waals surface area (Å²) < 4.78 is 5.15. The Bertz CT molecular complexity index is 372. The average Bonchev–Trinajstić information content (AvgIpc) is 2.78. The molecule has 0 aliphatic carbocycles. The minimum atomic E-state index is 0.605. The molecular weight excluding hydrogens is 244 g/mol. The van der Waals surface area contributed by atoms with Gasteiger partial charge in [-0.15, -0.1) is 0 Å². The second-order valence-corrected chi connectivity index (χ2v) is 6.87. The highest BCUT2D eigenvalue weighted by atomic mass is 32.8. The Morgan fingerprint density at radius 1 is 1.33 bits per heavy atom. The number of ether oxygens (including phenoxy) is 1. The van der Waals surface area contributed by atoms with Gasteiger partial charge < -0.3 is 4.74 Å². The molecule has 0 bridgehead atoms. The van der Waals surface area contributed by atoms with Gasteiger partial charge in [-0.3, -0.25) is 0 Å². The van der Waals surface area contributed by atoms with Crippen molar-refractivity contribution in [1.82, 2.24) is 0 Å². The summed E-state index contributed by atoms with van der Waals surface area (Å²) in [4.78, 5) is 0. The Balaban J connectivity index is 2.11. The molecule has 0 spiro atoms. The van der Waals surface area contributed by atoms with Crippen molar-refractivity contribution in [3.05, 3.63) is 29.8 Å². The van der Waals surface area contributed by atoms with E-state index >= 15 is 0 Å². The van der Waals surface area contributed by atoms with Gasteiger partial charge in [0.15, 0.2) is 0 Å². The van der Waals surface area contributed by atoms with Crippen molar-refractivity contribution in [3.63, 3.8) is 0 Å². The van der Waals surface area contributed by atoms with Crippen LogP contribution < -0.4 is 4.74 Å². The van der Waals surface area contributed by atoms with Crippen molar-refractivity contribution in [2.24, 2.45) is 0 Å². The number of hydrogen-bond acceptors (Lipinski definition) is 2. The fourth-order valence-corrected chi connectivity index (χ4v) is 5.81. The SMILES string of the molecule is COc1ccc(C2CC(C=S)[SH]=[SH]2)cc1. The molecule has 1 aliphatic heterocycles. The summed E-state index contributed by atoms with van der Waals surface area (Å²) in [6.07, 6.45) is 1.19. The number of hydrogen-bond donors (Lipinski definition) is 2. The lowest BCUT2D eigenvalue weighted by Crippen LogP contribution is -2.03. The second kappa shape index (κ2) is 5.23. The van der Waals surface area contributed by atoms with Crippen molar-refractivity contribution in [2.45, 2.75) is 16.9 Å². The van der Waals surface area contributed by atoms with Crippen LogP contribution >= 0.6 is 12.2 Å². The molecule has 15 heavy (non-hydrogen) atoms. The topological polar surface area (TPSA) is 9.23 Å². The molecule has 0 amide bonds. The lowest BCUT2D eigenvalue weighted by Gasteiger charge is -2.09. The Morgan fingerprint density at radius 2 is 2.07 bits per heavy atom. The molecule has 82 valence electrons. The van der Waals surface area contributed by atoms with Gasteiger partial charge in [-0.1, -0.05) is 24.4 Å². The summed E-state index contributed by atoms with van der Waals surface area (Å²) in [5.41, 5.74) is 1.41. The maximum absolute atomic E-state index is 5.15. The van der Waals surface area contributed by atoms with E-state index in [1.54, 1.807) is 7.11 Å². The molecule has 0 aromatic heterocycles. The van der Waals surface area contributed by atoms with E-state index in [0.29, 0.717) is 10.5 Å². The van der Waals surface area contributed by atoms with Crippen LogP contribution in [0.15, 0.2) is 24.3 Å². The highest BCUT2D eigenvalue weighted by molar-refractivity contribution is 8.27. The molecule has 0 N–H and O–H groups in total. The molecule has 1 aromatic rings. The van der Waals surface area contributed by atoms with E-state index in [4.69, 9.17) is 17.0 Å². The van der Waals surface area contributed by atoms with Gasteiger partial charge in [0.05, 0.1) is 7.11 Å². The van der Waals surface area contributed by atoms with Gasteiger partial charge in [-0.2, -0.15) is 20.6 Å². The fourth-order valence-electron chi connectivity index (χ4n) is 1.60. The van der Waals surface area contributed by atoms with Crippen molar-refractivity contribution in [1.29, 1.82) is 0 Å². The summed E-state index contributed by atoms with van der Waals surface area (Å²) in [6, 6.07) is 8.40. The minimum absolute atomic E-state index is 0.605. The fraction of sp³-hybridized carbons (Fsp3) is 0.364. The van der Waals surface area contributed by atoms with Gasteiger partial charge in [0.1, 0.15) is 5.75 Å². The zero-order chi connectivity index (χ0) is 10.7. The molecule has 2 atom stereocenters. The first-order chi connectivity index (χ1) is 7.33. The Labute approximate surface area is 102 Å². The summed E-state index contributed by atoms with van der Waals surface area (Å²) in [5, 5.41) is 3.17. The van der Waals surface area contributed by atoms with Gasteiger partial charge in [0.25, 0.3) is 0 Å². The summed E-state index contributed by atoms with van der Waals surface area (Å²) in [7, 11) is 4.64. The van der Waals surface area contributed by atoms with E-state index in [2.05, 4.69) is 12.1 Å². The standard InChI is InChI=1S/C11H14OS3/c1-12-9-4-2-8(3-5-9)11-6-10(7-13)14-15-11/h2-5,7,10-11,14-15H,6H2,1H3. The molecule has 1 aliphatic rings. The Hall–Kier alpha value is -0.190. The van der Waals surface area contributed by atoms with E-state index in [-0.39, 0.29) is 0 Å². The van der Waals surface area contributed by atoms with Gasteiger partial charge >= 0.3 is 0 Å². The van der Waals surface area contributed by atoms with Gasteiger partial charge in [-0.25, -0.2) is 0 Å². The first kappa shape index (κ1) is 11.3. The van der Waals surface area contributed by atoms with Crippen LogP contribution in [0.3, 0.4) is 0 Å². The van der Waals surface area contributed by atoms with Crippen LogP contribution in [0.4, 0.5) is 0 Å². The van der Waals surface area contributed by atoms with Gasteiger partial charge in [0, 0.05) is 10.5 Å². The van der Waals surface area contributed by atoms with Crippen molar-refractivity contribution in [3.8, 4) is 5.75 Å². The number of thiocarbonyl (C=S) groups is 1. The van der Waals surface area contributed by atoms with Crippen LogP contribution in [0.1, 0.15) is 17.2 Å². The largest absolute Gasteiger partial charge is 0.497 e. The van der Waals surface area contributed by atoms with E-state index in [1.165, 1.54) is 32.6 Å². The molecule has 2 unspecified atom stereocenters. The summed E-state index contributed by atoms with van der Waals surface area (Å²) >= 11 is 5.00. The zero-order valence-electron chi connectivity index (χ0n) is 8.46. The first-order valence-corrected chi connectivity index (χ1v) is 7.93. The van der Waals surface area contributed by atoms with Gasteiger partial charge in [0.2, 0.25) is 0 Å². The molecule has 0 fully saturated rings. The summed E-state index contributed by atoms with van der Waals surface area (Å²) in [6.45, 7) is 0. The average molecular weight is 258 g/mol. The third kappa shape index (κ3) is 2.68. The molecule has 2 rings (SSSR count). The van der Waals surface area contributed by atoms with Crippen LogP contribution in [-0.2, 0) is 20.6 Å². The van der Waals surface area contributed by atoms with Crippen LogP contribution in [0.5, 0.6) is 5.75 Å². The zero-order valence-corrected chi connectivity index (χ0v) is 11.1. The maximum Gasteiger partial charge on any atom is 0.118 e. The molecule has 0 saturated heterocycles. The van der Waals surface area contributed by atoms with Crippen molar-refractivity contribution >= 4 is 38.2 Å². The van der Waals surface area contributed by atoms with E-state index in [9.17, 15) is 0 Å². The van der Waals surface area contributed by atoms with Crippen LogP contribution in [-0.4, -0.2) is 17.7 Å². The van der Waals surface area contributed by atoms with E-state index < -0.39 is 0 Å². The summed E-state index contributed by atoms with van der Waals surface area (Å²) in [5.74, 6) is 0.928. The maximum atomic E-state index is 5.15. The highest BCUT2D eigenvalue weighted by Crippen LogP contribution is 2.27. The Kier molecular flexibility index (Phi) is 3.94. The lowest BCUT2D eigenvalue weighted by atomic mass is 10.1. The molecular formula is C11H14OS3. The third-order valence-corrected chi connectivity index (χ3v) is 6.71. The number of benzene rings is 1. The van der Waals surface area contributed by atoms with Gasteiger partial charge in [-0.05, 0) is 29.5 Å². The molecule has 1 heterocycles. The monoisotopic (exact) mass is 258 g/mol. The molecule has 0 saturated carbocycles. The second-order valence-electron chi connectivity index (χ2n) is 3.46. The highest BCUT2D eigenvalue weighted by Gasteiger charge is 2.18. The lowest BCUT2D eigenvalue weighted by molar-refractivity contribution is 0.414. The smallest absolute Gasteiger partial charge is 0.118 e. The van der Waals surface area contributed by atoms with Crippen molar-refractivity contribution in [2.75, 3.05) is 7.11 Å². The first-order valence-electron chi connectivity index (χ1n) is 4.82. The predicted molar refractivity (Wildman–Crippen MR) is 75.3 cm³/mol. The normalized spacial score (nSPS) is 25.1. The molecule has 0 radical (unpaired) electrons. The van der Waals surface area contributed by atoms with Crippen molar-refractivity contribution < 1.29 is 4.74 Å². The van der Waals surface area contributed by atoms with E-state index in [0.717, 1.165) is 5.75 Å². The Morgan fingerprint density at radius 3 is 2.60 bits per heavy atom. The van der Waals surface area contributed by atoms with Crippen LogP contribution in [0.25, 0.3) is 0 Å².